The Morgan fingerprint density at radius 2 is 1.86 bits per heavy atom. The Kier molecular flexibility index (Phi) is 5.00. The van der Waals surface area contributed by atoms with Crippen LogP contribution in [-0.2, 0) is 0 Å². The largest absolute Gasteiger partial charge is 0.271 e. The molecule has 7 heteroatoms. The molecule has 0 saturated carbocycles. The fourth-order valence-corrected chi connectivity index (χ4v) is 1.97. The van der Waals surface area contributed by atoms with Gasteiger partial charge in [-0.3, -0.25) is 14.9 Å². The van der Waals surface area contributed by atoms with Crippen LogP contribution >= 0.6 is 15.9 Å². The van der Waals surface area contributed by atoms with Gasteiger partial charge in [-0.1, -0.05) is 28.1 Å². The molecule has 0 heterocycles. The molecule has 0 fully saturated rings. The Hall–Kier alpha value is -2.54. The van der Waals surface area contributed by atoms with E-state index in [1.165, 1.54) is 12.1 Å². The molecule has 2 aromatic carbocycles. The van der Waals surface area contributed by atoms with E-state index in [9.17, 15) is 14.9 Å². The van der Waals surface area contributed by atoms with E-state index in [4.69, 9.17) is 0 Å². The third-order valence-corrected chi connectivity index (χ3v) is 3.43. The molecule has 0 aromatic heterocycles. The van der Waals surface area contributed by atoms with Gasteiger partial charge < -0.3 is 0 Å². The lowest BCUT2D eigenvalue weighted by molar-refractivity contribution is -0.384. The lowest BCUT2D eigenvalue weighted by Crippen LogP contribution is -2.19. The number of hydrogen-bond donors (Lipinski definition) is 1. The third kappa shape index (κ3) is 3.98. The van der Waals surface area contributed by atoms with Gasteiger partial charge in [-0.2, -0.15) is 5.10 Å². The predicted molar refractivity (Wildman–Crippen MR) is 86.9 cm³/mol. The summed E-state index contributed by atoms with van der Waals surface area (Å²) in [6.07, 6.45) is 0. The summed E-state index contributed by atoms with van der Waals surface area (Å²) in [4.78, 5) is 22.2. The van der Waals surface area contributed by atoms with Crippen LogP contribution in [0.2, 0.25) is 0 Å². The summed E-state index contributed by atoms with van der Waals surface area (Å²) in [5, 5.41) is 14.7. The van der Waals surface area contributed by atoms with Crippen LogP contribution in [0.1, 0.15) is 22.8 Å². The monoisotopic (exact) mass is 361 g/mol. The lowest BCUT2D eigenvalue weighted by Gasteiger charge is -2.03. The molecule has 0 saturated heterocycles. The molecule has 0 spiro atoms. The zero-order valence-electron chi connectivity index (χ0n) is 11.6. The van der Waals surface area contributed by atoms with Crippen molar-refractivity contribution in [2.45, 2.75) is 6.92 Å². The van der Waals surface area contributed by atoms with Gasteiger partial charge in [0.15, 0.2) is 0 Å². The van der Waals surface area contributed by atoms with Gasteiger partial charge in [0.2, 0.25) is 0 Å². The van der Waals surface area contributed by atoms with Crippen molar-refractivity contribution < 1.29 is 9.72 Å². The molecular formula is C15H12BrN3O3. The number of hydrazone groups is 1. The number of halogens is 1. The van der Waals surface area contributed by atoms with Crippen LogP contribution in [0.4, 0.5) is 5.69 Å². The first-order chi connectivity index (χ1) is 10.5. The predicted octanol–water partition coefficient (Wildman–Crippen LogP) is 3.51. The molecule has 0 atom stereocenters. The highest BCUT2D eigenvalue weighted by molar-refractivity contribution is 9.10. The van der Waals surface area contributed by atoms with E-state index in [0.717, 1.165) is 4.47 Å². The van der Waals surface area contributed by atoms with E-state index >= 15 is 0 Å². The highest BCUT2D eigenvalue weighted by atomic mass is 79.9. The van der Waals surface area contributed by atoms with E-state index in [2.05, 4.69) is 26.5 Å². The molecule has 1 amide bonds. The van der Waals surface area contributed by atoms with Gasteiger partial charge in [-0.25, -0.2) is 5.43 Å². The molecule has 0 aliphatic heterocycles. The van der Waals surface area contributed by atoms with Gasteiger partial charge in [-0.05, 0) is 31.2 Å². The minimum absolute atomic E-state index is 0.0220. The second kappa shape index (κ2) is 6.95. The third-order valence-electron chi connectivity index (χ3n) is 2.91. The zero-order valence-corrected chi connectivity index (χ0v) is 13.2. The van der Waals surface area contributed by atoms with E-state index in [1.807, 2.05) is 0 Å². The summed E-state index contributed by atoms with van der Waals surface area (Å²) >= 11 is 3.29. The summed E-state index contributed by atoms with van der Waals surface area (Å²) in [5.41, 5.74) is 3.93. The van der Waals surface area contributed by atoms with Crippen LogP contribution in [0.15, 0.2) is 58.1 Å². The SMILES string of the molecule is C/C(=N\NC(=O)c1ccc(Br)cc1)c1cccc([N+](=O)[O-])c1. The normalized spacial score (nSPS) is 11.1. The number of nitro groups is 1. The molecule has 0 unspecified atom stereocenters. The molecule has 0 bridgehead atoms. The van der Waals surface area contributed by atoms with E-state index in [0.29, 0.717) is 16.8 Å². The van der Waals surface area contributed by atoms with Crippen molar-refractivity contribution in [3.63, 3.8) is 0 Å². The fraction of sp³-hybridized carbons (Fsp3) is 0.0667. The van der Waals surface area contributed by atoms with Gasteiger partial charge in [0.25, 0.3) is 11.6 Å². The average molecular weight is 362 g/mol. The van der Waals surface area contributed by atoms with Crippen molar-refractivity contribution in [2.24, 2.45) is 5.10 Å². The molecule has 2 aromatic rings. The number of nitro benzene ring substituents is 1. The minimum atomic E-state index is -0.475. The summed E-state index contributed by atoms with van der Waals surface area (Å²) in [6.45, 7) is 1.67. The van der Waals surface area contributed by atoms with Crippen molar-refractivity contribution in [3.05, 3.63) is 74.2 Å². The topological polar surface area (TPSA) is 84.6 Å². The minimum Gasteiger partial charge on any atom is -0.267 e. The van der Waals surface area contributed by atoms with E-state index < -0.39 is 4.92 Å². The standard InChI is InChI=1S/C15H12BrN3O3/c1-10(12-3-2-4-14(9-12)19(21)22)17-18-15(20)11-5-7-13(16)8-6-11/h2-9H,1H3,(H,18,20)/b17-10+. The summed E-state index contributed by atoms with van der Waals surface area (Å²) in [6, 6.07) is 12.9. The summed E-state index contributed by atoms with van der Waals surface area (Å²) < 4.78 is 0.875. The van der Waals surface area contributed by atoms with Crippen LogP contribution in [-0.4, -0.2) is 16.5 Å². The van der Waals surface area contributed by atoms with Crippen LogP contribution in [0.5, 0.6) is 0 Å². The Balaban J connectivity index is 2.12. The highest BCUT2D eigenvalue weighted by Gasteiger charge is 2.08. The zero-order chi connectivity index (χ0) is 16.1. The Morgan fingerprint density at radius 3 is 2.50 bits per heavy atom. The van der Waals surface area contributed by atoms with Crippen LogP contribution < -0.4 is 5.43 Å². The number of amides is 1. The fourth-order valence-electron chi connectivity index (χ4n) is 1.71. The maximum Gasteiger partial charge on any atom is 0.271 e. The summed E-state index contributed by atoms with van der Waals surface area (Å²) in [5.74, 6) is -0.350. The molecule has 112 valence electrons. The maximum absolute atomic E-state index is 11.9. The summed E-state index contributed by atoms with van der Waals surface area (Å²) in [7, 11) is 0. The number of non-ortho nitro benzene ring substituents is 1. The van der Waals surface area contributed by atoms with Crippen molar-refractivity contribution in [2.75, 3.05) is 0 Å². The first kappa shape index (κ1) is 15.8. The van der Waals surface area contributed by atoms with Gasteiger partial charge in [0.05, 0.1) is 10.6 Å². The van der Waals surface area contributed by atoms with Gasteiger partial charge in [-0.15, -0.1) is 0 Å². The molecule has 22 heavy (non-hydrogen) atoms. The number of hydrogen-bond acceptors (Lipinski definition) is 4. The number of benzene rings is 2. The number of rotatable bonds is 4. The molecule has 2 rings (SSSR count). The van der Waals surface area contributed by atoms with Gasteiger partial charge >= 0.3 is 0 Å². The van der Waals surface area contributed by atoms with Gasteiger partial charge in [0.1, 0.15) is 0 Å². The van der Waals surface area contributed by atoms with E-state index in [1.54, 1.807) is 43.3 Å². The smallest absolute Gasteiger partial charge is 0.267 e. The lowest BCUT2D eigenvalue weighted by atomic mass is 10.1. The van der Waals surface area contributed by atoms with Crippen LogP contribution in [0.25, 0.3) is 0 Å². The first-order valence-electron chi connectivity index (χ1n) is 6.32. The molecule has 1 N–H and O–H groups in total. The van der Waals surface area contributed by atoms with Crippen molar-refractivity contribution in [3.8, 4) is 0 Å². The number of carbonyl (C=O) groups excluding carboxylic acids is 1. The van der Waals surface area contributed by atoms with E-state index in [-0.39, 0.29) is 11.6 Å². The maximum atomic E-state index is 11.9. The molecule has 6 nitrogen and oxygen atoms in total. The van der Waals surface area contributed by atoms with Gasteiger partial charge in [0, 0.05) is 27.7 Å². The average Bonchev–Trinajstić information content (AvgIpc) is 2.53. The molecule has 0 aliphatic rings. The quantitative estimate of drug-likeness (QED) is 0.513. The highest BCUT2D eigenvalue weighted by Crippen LogP contribution is 2.14. The van der Waals surface area contributed by atoms with Crippen molar-refractivity contribution in [1.82, 2.24) is 5.43 Å². The Labute approximate surface area is 135 Å². The Morgan fingerprint density at radius 1 is 1.18 bits per heavy atom. The second-order valence-corrected chi connectivity index (χ2v) is 5.37. The Bertz CT molecular complexity index is 742. The molecule has 0 aliphatic carbocycles. The van der Waals surface area contributed by atoms with Crippen molar-refractivity contribution >= 4 is 33.2 Å². The number of nitrogens with zero attached hydrogens (tertiary/aromatic N) is 2. The van der Waals surface area contributed by atoms with Crippen LogP contribution in [0, 0.1) is 10.1 Å². The first-order valence-corrected chi connectivity index (χ1v) is 7.11. The molecular weight excluding hydrogens is 350 g/mol. The second-order valence-electron chi connectivity index (χ2n) is 4.45. The van der Waals surface area contributed by atoms with Crippen LogP contribution in [0.3, 0.4) is 0 Å². The number of nitrogens with one attached hydrogen (secondary N) is 1. The molecule has 0 radical (unpaired) electrons. The number of carbonyl (C=O) groups is 1. The van der Waals surface area contributed by atoms with Crippen molar-refractivity contribution in [1.29, 1.82) is 0 Å².